The van der Waals surface area contributed by atoms with Crippen LogP contribution in [0.2, 0.25) is 0 Å². The number of hydrogen-bond donors (Lipinski definition) is 1. The lowest BCUT2D eigenvalue weighted by molar-refractivity contribution is -0.180. The number of ether oxygens (including phenoxy) is 3. The molecule has 1 N–H and O–H groups in total. The summed E-state index contributed by atoms with van der Waals surface area (Å²) in [5.74, 6) is 0.273. The Bertz CT molecular complexity index is 314. The minimum Gasteiger partial charge on any atom is -0.381 e. The van der Waals surface area contributed by atoms with E-state index in [1.807, 2.05) is 0 Å². The van der Waals surface area contributed by atoms with Crippen molar-refractivity contribution in [3.05, 3.63) is 0 Å². The third-order valence-electron chi connectivity index (χ3n) is 4.44. The van der Waals surface area contributed by atoms with Crippen LogP contribution in [-0.2, 0) is 14.2 Å². The normalized spacial score (nSPS) is 27.7. The van der Waals surface area contributed by atoms with Crippen molar-refractivity contribution in [2.45, 2.75) is 43.5 Å². The molecule has 2 saturated heterocycles. The lowest BCUT2D eigenvalue weighted by atomic mass is 9.78. The smallest absolute Gasteiger partial charge is 0.381 e. The molecule has 0 aliphatic carbocycles. The fraction of sp³-hybridized carbons (Fsp3) is 1.00. The van der Waals surface area contributed by atoms with Crippen molar-refractivity contribution in [2.75, 3.05) is 40.1 Å². The van der Waals surface area contributed by atoms with Crippen LogP contribution in [0, 0.1) is 5.92 Å². The summed E-state index contributed by atoms with van der Waals surface area (Å²) in [6, 6.07) is -0.0732. The highest BCUT2D eigenvalue weighted by Gasteiger charge is 2.41. The van der Waals surface area contributed by atoms with Crippen LogP contribution >= 0.6 is 0 Å². The van der Waals surface area contributed by atoms with Gasteiger partial charge in [-0.2, -0.15) is 13.2 Å². The van der Waals surface area contributed by atoms with E-state index in [0.29, 0.717) is 19.8 Å². The van der Waals surface area contributed by atoms with Crippen LogP contribution in [0.4, 0.5) is 13.2 Å². The molecule has 2 unspecified atom stereocenters. The van der Waals surface area contributed by atoms with Crippen molar-refractivity contribution >= 4 is 0 Å². The van der Waals surface area contributed by atoms with Crippen LogP contribution in [0.25, 0.3) is 0 Å². The summed E-state index contributed by atoms with van der Waals surface area (Å²) in [5.41, 5.74) is -0.152. The summed E-state index contributed by atoms with van der Waals surface area (Å²) < 4.78 is 52.6. The molecular weight excluding hydrogens is 287 g/mol. The summed E-state index contributed by atoms with van der Waals surface area (Å²) in [6.07, 6.45) is -0.830. The van der Waals surface area contributed by atoms with E-state index in [4.69, 9.17) is 14.2 Å². The molecule has 2 aliphatic rings. The van der Waals surface area contributed by atoms with Gasteiger partial charge in [-0.1, -0.05) is 0 Å². The first-order chi connectivity index (χ1) is 9.94. The van der Waals surface area contributed by atoms with E-state index in [1.165, 1.54) is 0 Å². The van der Waals surface area contributed by atoms with Crippen LogP contribution in [0.1, 0.15) is 25.7 Å². The topological polar surface area (TPSA) is 39.7 Å². The predicted molar refractivity (Wildman–Crippen MR) is 71.2 cm³/mol. The maximum absolute atomic E-state index is 12.2. The van der Waals surface area contributed by atoms with Gasteiger partial charge >= 0.3 is 6.18 Å². The Morgan fingerprint density at radius 3 is 2.62 bits per heavy atom. The van der Waals surface area contributed by atoms with Gasteiger partial charge in [-0.15, -0.1) is 0 Å². The second kappa shape index (κ2) is 7.26. The van der Waals surface area contributed by atoms with Gasteiger partial charge in [0.25, 0.3) is 0 Å². The highest BCUT2D eigenvalue weighted by molar-refractivity contribution is 4.92. The molecule has 0 aromatic rings. The molecule has 0 bridgehead atoms. The Morgan fingerprint density at radius 2 is 2.00 bits per heavy atom. The third kappa shape index (κ3) is 5.09. The molecule has 2 rings (SSSR count). The fourth-order valence-corrected chi connectivity index (χ4v) is 3.26. The second-order valence-corrected chi connectivity index (χ2v) is 5.92. The van der Waals surface area contributed by atoms with Gasteiger partial charge in [-0.05, 0) is 38.6 Å². The van der Waals surface area contributed by atoms with Crippen LogP contribution < -0.4 is 5.32 Å². The number of likely N-dealkylation sites (N-methyl/N-ethyl adjacent to an activating group) is 1. The third-order valence-corrected chi connectivity index (χ3v) is 4.44. The van der Waals surface area contributed by atoms with Crippen molar-refractivity contribution in [2.24, 2.45) is 5.92 Å². The molecule has 2 heterocycles. The molecule has 0 aromatic carbocycles. The maximum Gasteiger partial charge on any atom is 0.411 e. The van der Waals surface area contributed by atoms with Crippen molar-refractivity contribution < 1.29 is 27.4 Å². The molecule has 2 atom stereocenters. The molecule has 0 radical (unpaired) electrons. The average Bonchev–Trinajstić information content (AvgIpc) is 2.43. The van der Waals surface area contributed by atoms with E-state index in [2.05, 4.69) is 5.32 Å². The second-order valence-electron chi connectivity index (χ2n) is 5.92. The highest BCUT2D eigenvalue weighted by atomic mass is 19.4. The van der Waals surface area contributed by atoms with E-state index in [0.717, 1.165) is 25.7 Å². The van der Waals surface area contributed by atoms with Gasteiger partial charge in [0.05, 0.1) is 12.2 Å². The van der Waals surface area contributed by atoms with Gasteiger partial charge in [0.15, 0.2) is 0 Å². The molecule has 21 heavy (non-hydrogen) atoms. The lowest BCUT2D eigenvalue weighted by Gasteiger charge is -2.45. The minimum atomic E-state index is -4.27. The standard InChI is InChI=1S/C14H24F3NO3/c1-18-12(9-20-10-14(15,16)17)11-2-5-21-13(8-11)3-6-19-7-4-13/h11-12,18H,2-10H2,1H3. The Kier molecular flexibility index (Phi) is 5.88. The molecule has 0 amide bonds. The van der Waals surface area contributed by atoms with Crippen molar-refractivity contribution in [3.63, 3.8) is 0 Å². The Labute approximate surface area is 123 Å². The van der Waals surface area contributed by atoms with E-state index in [9.17, 15) is 13.2 Å². The Balaban J connectivity index is 1.85. The van der Waals surface area contributed by atoms with Gasteiger partial charge in [0, 0.05) is 25.9 Å². The average molecular weight is 311 g/mol. The highest BCUT2D eigenvalue weighted by Crippen LogP contribution is 2.38. The molecule has 1 spiro atoms. The van der Waals surface area contributed by atoms with Crippen LogP contribution in [-0.4, -0.2) is 57.9 Å². The van der Waals surface area contributed by atoms with Gasteiger partial charge in [0.2, 0.25) is 0 Å². The van der Waals surface area contributed by atoms with Gasteiger partial charge in [0.1, 0.15) is 6.61 Å². The Hall–Kier alpha value is -0.370. The van der Waals surface area contributed by atoms with Crippen molar-refractivity contribution in [1.82, 2.24) is 5.32 Å². The minimum absolute atomic E-state index is 0.0732. The summed E-state index contributed by atoms with van der Waals surface area (Å²) in [4.78, 5) is 0. The van der Waals surface area contributed by atoms with Crippen molar-refractivity contribution in [1.29, 1.82) is 0 Å². The van der Waals surface area contributed by atoms with Crippen LogP contribution in [0.5, 0.6) is 0 Å². The fourth-order valence-electron chi connectivity index (χ4n) is 3.26. The van der Waals surface area contributed by atoms with Gasteiger partial charge in [-0.25, -0.2) is 0 Å². The predicted octanol–water partition coefficient (Wildman–Crippen LogP) is 2.13. The summed E-state index contributed by atoms with van der Waals surface area (Å²) in [5, 5.41) is 3.10. The summed E-state index contributed by atoms with van der Waals surface area (Å²) in [6.45, 7) is 0.936. The Morgan fingerprint density at radius 1 is 1.29 bits per heavy atom. The first-order valence-electron chi connectivity index (χ1n) is 7.48. The molecule has 2 fully saturated rings. The first kappa shape index (κ1) is 17.0. The van der Waals surface area contributed by atoms with Crippen molar-refractivity contribution in [3.8, 4) is 0 Å². The van der Waals surface area contributed by atoms with Gasteiger partial charge in [-0.3, -0.25) is 0 Å². The molecule has 0 saturated carbocycles. The first-order valence-corrected chi connectivity index (χ1v) is 7.48. The number of hydrogen-bond acceptors (Lipinski definition) is 4. The zero-order valence-electron chi connectivity index (χ0n) is 12.4. The van der Waals surface area contributed by atoms with E-state index >= 15 is 0 Å². The number of alkyl halides is 3. The zero-order valence-corrected chi connectivity index (χ0v) is 12.4. The summed E-state index contributed by atoms with van der Waals surface area (Å²) >= 11 is 0. The van der Waals surface area contributed by atoms with Gasteiger partial charge < -0.3 is 19.5 Å². The lowest BCUT2D eigenvalue weighted by Crippen LogP contribution is -2.50. The zero-order chi connectivity index (χ0) is 15.3. The largest absolute Gasteiger partial charge is 0.411 e. The molecular formula is C14H24F3NO3. The SMILES string of the molecule is CNC(COCC(F)(F)F)C1CCOC2(CCOCC2)C1. The van der Waals surface area contributed by atoms with E-state index in [-0.39, 0.29) is 24.2 Å². The van der Waals surface area contributed by atoms with E-state index in [1.54, 1.807) is 7.05 Å². The molecule has 2 aliphatic heterocycles. The number of rotatable bonds is 5. The molecule has 4 nitrogen and oxygen atoms in total. The van der Waals surface area contributed by atoms with Crippen LogP contribution in [0.3, 0.4) is 0 Å². The molecule has 7 heteroatoms. The molecule has 124 valence electrons. The molecule has 0 aromatic heterocycles. The number of halogens is 3. The van der Waals surface area contributed by atoms with E-state index < -0.39 is 12.8 Å². The summed E-state index contributed by atoms with van der Waals surface area (Å²) in [7, 11) is 1.77. The quantitative estimate of drug-likeness (QED) is 0.844. The van der Waals surface area contributed by atoms with Crippen LogP contribution in [0.15, 0.2) is 0 Å². The monoisotopic (exact) mass is 311 g/mol. The maximum atomic E-state index is 12.2. The number of nitrogens with one attached hydrogen (secondary N) is 1.